The van der Waals surface area contributed by atoms with Gasteiger partial charge in [-0.3, -0.25) is 0 Å². The van der Waals surface area contributed by atoms with E-state index in [2.05, 4.69) is 11.4 Å². The summed E-state index contributed by atoms with van der Waals surface area (Å²) in [4.78, 5) is 0. The van der Waals surface area contributed by atoms with Crippen LogP contribution < -0.4 is 15.8 Å². The normalized spacial score (nSPS) is 17.9. The summed E-state index contributed by atoms with van der Waals surface area (Å²) in [7, 11) is 0. The molecule has 0 spiro atoms. The predicted octanol–water partition coefficient (Wildman–Crippen LogP) is 2.51. The Labute approximate surface area is 116 Å². The van der Waals surface area contributed by atoms with Crippen LogP contribution in [0.15, 0.2) is 24.3 Å². The molecule has 1 atom stereocenters. The van der Waals surface area contributed by atoms with Crippen LogP contribution in [0, 0.1) is 5.92 Å². The average molecular weight is 271 g/mol. The maximum absolute atomic E-state index is 6.39. The van der Waals surface area contributed by atoms with Crippen LogP contribution in [0.2, 0.25) is 0 Å². The third kappa shape index (κ3) is 3.61. The molecule has 0 aliphatic carbocycles. The molecule has 0 amide bonds. The van der Waals surface area contributed by atoms with Gasteiger partial charge in [-0.25, -0.2) is 0 Å². The van der Waals surface area contributed by atoms with E-state index >= 15 is 0 Å². The molecule has 1 heterocycles. The van der Waals surface area contributed by atoms with Crippen molar-refractivity contribution in [2.45, 2.75) is 25.8 Å². The molecule has 0 bridgehead atoms. The van der Waals surface area contributed by atoms with E-state index in [9.17, 15) is 0 Å². The molecular formula is C14H23ClN2O. The van der Waals surface area contributed by atoms with Crippen LogP contribution in [0.25, 0.3) is 0 Å². The van der Waals surface area contributed by atoms with Crippen molar-refractivity contribution in [2.75, 3.05) is 19.7 Å². The van der Waals surface area contributed by atoms with E-state index in [4.69, 9.17) is 10.5 Å². The number of halogens is 1. The molecule has 0 saturated carbocycles. The first kappa shape index (κ1) is 15.3. The van der Waals surface area contributed by atoms with Gasteiger partial charge in [0.05, 0.1) is 6.61 Å². The van der Waals surface area contributed by atoms with E-state index in [1.807, 2.05) is 25.1 Å². The molecule has 1 fully saturated rings. The Bertz CT molecular complexity index is 353. The second-order valence-electron chi connectivity index (χ2n) is 4.58. The van der Waals surface area contributed by atoms with E-state index in [0.717, 1.165) is 37.2 Å². The number of nitrogens with one attached hydrogen (secondary N) is 1. The summed E-state index contributed by atoms with van der Waals surface area (Å²) in [5, 5.41) is 3.37. The minimum atomic E-state index is 0. The fraction of sp³-hybridized carbons (Fsp3) is 0.571. The highest BCUT2D eigenvalue weighted by Gasteiger charge is 2.23. The lowest BCUT2D eigenvalue weighted by Gasteiger charge is -2.29. The molecule has 3 N–H and O–H groups in total. The van der Waals surface area contributed by atoms with Gasteiger partial charge in [0, 0.05) is 11.6 Å². The number of rotatable bonds is 4. The van der Waals surface area contributed by atoms with Crippen LogP contribution in [-0.2, 0) is 0 Å². The lowest BCUT2D eigenvalue weighted by atomic mass is 9.86. The summed E-state index contributed by atoms with van der Waals surface area (Å²) >= 11 is 0. The van der Waals surface area contributed by atoms with Crippen molar-refractivity contribution >= 4 is 12.4 Å². The zero-order valence-electron chi connectivity index (χ0n) is 10.9. The van der Waals surface area contributed by atoms with Gasteiger partial charge < -0.3 is 15.8 Å². The van der Waals surface area contributed by atoms with Crippen molar-refractivity contribution in [3.05, 3.63) is 29.8 Å². The second kappa shape index (κ2) is 7.62. The number of hydrogen-bond acceptors (Lipinski definition) is 3. The van der Waals surface area contributed by atoms with Crippen LogP contribution in [-0.4, -0.2) is 19.7 Å². The molecule has 102 valence electrons. The fourth-order valence-electron chi connectivity index (χ4n) is 2.50. The minimum Gasteiger partial charge on any atom is -0.494 e. The Balaban J connectivity index is 0.00000162. The average Bonchev–Trinajstić information content (AvgIpc) is 2.40. The second-order valence-corrected chi connectivity index (χ2v) is 4.58. The SMILES string of the molecule is CCOc1ccccc1[C@H](N)C1CCNCC1.Cl. The smallest absolute Gasteiger partial charge is 0.124 e. The summed E-state index contributed by atoms with van der Waals surface area (Å²) in [6, 6.07) is 8.25. The van der Waals surface area contributed by atoms with Crippen molar-refractivity contribution in [1.29, 1.82) is 0 Å². The van der Waals surface area contributed by atoms with Gasteiger partial charge in [-0.05, 0) is 44.8 Å². The van der Waals surface area contributed by atoms with E-state index in [1.54, 1.807) is 0 Å². The molecule has 0 aromatic heterocycles. The van der Waals surface area contributed by atoms with Crippen molar-refractivity contribution in [2.24, 2.45) is 11.7 Å². The van der Waals surface area contributed by atoms with Crippen molar-refractivity contribution < 1.29 is 4.74 Å². The van der Waals surface area contributed by atoms with E-state index in [0.29, 0.717) is 12.5 Å². The number of piperidine rings is 1. The first-order chi connectivity index (χ1) is 8.33. The fourth-order valence-corrected chi connectivity index (χ4v) is 2.50. The van der Waals surface area contributed by atoms with Crippen LogP contribution in [0.4, 0.5) is 0 Å². The number of benzene rings is 1. The van der Waals surface area contributed by atoms with Gasteiger partial charge in [-0.2, -0.15) is 0 Å². The zero-order valence-corrected chi connectivity index (χ0v) is 11.7. The standard InChI is InChI=1S/C14H22N2O.ClH/c1-2-17-13-6-4-3-5-12(13)14(15)11-7-9-16-10-8-11;/h3-6,11,14,16H,2,7-10,15H2,1H3;1H/t14-;/m1./s1. The van der Waals surface area contributed by atoms with Gasteiger partial charge >= 0.3 is 0 Å². The molecular weight excluding hydrogens is 248 g/mol. The number of nitrogens with two attached hydrogens (primary N) is 1. The van der Waals surface area contributed by atoms with Crippen molar-refractivity contribution in [1.82, 2.24) is 5.32 Å². The summed E-state index contributed by atoms with van der Waals surface area (Å²) in [6.07, 6.45) is 2.31. The maximum Gasteiger partial charge on any atom is 0.124 e. The minimum absolute atomic E-state index is 0. The van der Waals surface area contributed by atoms with Gasteiger partial charge in [-0.1, -0.05) is 18.2 Å². The Kier molecular flexibility index (Phi) is 6.47. The summed E-state index contributed by atoms with van der Waals surface area (Å²) < 4.78 is 5.65. The first-order valence-corrected chi connectivity index (χ1v) is 6.51. The molecule has 18 heavy (non-hydrogen) atoms. The Hall–Kier alpha value is -0.770. The molecule has 1 aliphatic rings. The molecule has 2 rings (SSSR count). The predicted molar refractivity (Wildman–Crippen MR) is 77.4 cm³/mol. The Morgan fingerprint density at radius 1 is 1.33 bits per heavy atom. The molecule has 0 unspecified atom stereocenters. The van der Waals surface area contributed by atoms with Crippen molar-refractivity contribution in [3.63, 3.8) is 0 Å². The summed E-state index contributed by atoms with van der Waals surface area (Å²) in [5.74, 6) is 1.51. The largest absolute Gasteiger partial charge is 0.494 e. The Morgan fingerprint density at radius 2 is 2.00 bits per heavy atom. The molecule has 1 aliphatic heterocycles. The highest BCUT2D eigenvalue weighted by molar-refractivity contribution is 5.85. The van der Waals surface area contributed by atoms with Crippen LogP contribution in [0.1, 0.15) is 31.4 Å². The van der Waals surface area contributed by atoms with Gasteiger partial charge in [0.15, 0.2) is 0 Å². The Morgan fingerprint density at radius 3 is 2.67 bits per heavy atom. The lowest BCUT2D eigenvalue weighted by Crippen LogP contribution is -2.33. The maximum atomic E-state index is 6.39. The van der Waals surface area contributed by atoms with E-state index in [1.165, 1.54) is 0 Å². The van der Waals surface area contributed by atoms with E-state index < -0.39 is 0 Å². The molecule has 0 radical (unpaired) electrons. The van der Waals surface area contributed by atoms with Crippen LogP contribution in [0.3, 0.4) is 0 Å². The van der Waals surface area contributed by atoms with Gasteiger partial charge in [0.25, 0.3) is 0 Å². The third-order valence-electron chi connectivity index (χ3n) is 3.47. The number of ether oxygens (including phenoxy) is 1. The van der Waals surface area contributed by atoms with Gasteiger partial charge in [0.1, 0.15) is 5.75 Å². The summed E-state index contributed by atoms with van der Waals surface area (Å²) in [6.45, 7) is 4.85. The van der Waals surface area contributed by atoms with Crippen LogP contribution in [0.5, 0.6) is 5.75 Å². The van der Waals surface area contributed by atoms with E-state index in [-0.39, 0.29) is 18.4 Å². The monoisotopic (exact) mass is 270 g/mol. The first-order valence-electron chi connectivity index (χ1n) is 6.51. The third-order valence-corrected chi connectivity index (χ3v) is 3.47. The molecule has 3 nitrogen and oxygen atoms in total. The molecule has 4 heteroatoms. The molecule has 1 aromatic carbocycles. The highest BCUT2D eigenvalue weighted by Crippen LogP contribution is 2.32. The highest BCUT2D eigenvalue weighted by atomic mass is 35.5. The van der Waals surface area contributed by atoms with Crippen LogP contribution >= 0.6 is 12.4 Å². The van der Waals surface area contributed by atoms with Gasteiger partial charge in [-0.15, -0.1) is 12.4 Å². The topological polar surface area (TPSA) is 47.3 Å². The van der Waals surface area contributed by atoms with Gasteiger partial charge in [0.2, 0.25) is 0 Å². The zero-order chi connectivity index (χ0) is 12.1. The molecule has 1 aromatic rings. The number of para-hydroxylation sites is 1. The van der Waals surface area contributed by atoms with Crippen molar-refractivity contribution in [3.8, 4) is 5.75 Å². The quantitative estimate of drug-likeness (QED) is 0.884. The molecule has 1 saturated heterocycles. The number of hydrogen-bond donors (Lipinski definition) is 2. The summed E-state index contributed by atoms with van der Waals surface area (Å²) in [5.41, 5.74) is 7.55. The lowest BCUT2D eigenvalue weighted by molar-refractivity contribution is 0.301.